The van der Waals surface area contributed by atoms with Crippen LogP contribution < -0.4 is 23.7 Å². The molecule has 0 amide bonds. The number of unbranched alkanes of at least 4 members (excludes halogenated alkanes) is 6. The summed E-state index contributed by atoms with van der Waals surface area (Å²) in [5.74, 6) is 2.46. The lowest BCUT2D eigenvalue weighted by atomic mass is 10.1. The lowest BCUT2D eigenvalue weighted by Gasteiger charge is -2.11. The zero-order valence-electron chi connectivity index (χ0n) is 27.0. The first kappa shape index (κ1) is 35.3. The van der Waals surface area contributed by atoms with E-state index < -0.39 is 5.97 Å². The number of hydrogen-bond acceptors (Lipinski definition) is 8. The van der Waals surface area contributed by atoms with Crippen molar-refractivity contribution in [1.29, 1.82) is 0 Å². The van der Waals surface area contributed by atoms with Gasteiger partial charge in [-0.3, -0.25) is 4.79 Å². The molecule has 244 valence electrons. The molecule has 0 saturated carbocycles. The van der Waals surface area contributed by atoms with Gasteiger partial charge in [-0.05, 0) is 98.5 Å². The highest BCUT2D eigenvalue weighted by molar-refractivity contribution is 5.91. The van der Waals surface area contributed by atoms with Gasteiger partial charge in [0, 0.05) is 0 Å². The van der Waals surface area contributed by atoms with Crippen LogP contribution in [0.25, 0.3) is 0 Å². The first-order valence-electron chi connectivity index (χ1n) is 16.2. The monoisotopic (exact) mass is 620 g/mol. The average molecular weight is 621 g/mol. The fourth-order valence-electron chi connectivity index (χ4n) is 4.20. The number of esters is 2. The number of rotatable bonds is 22. The first-order chi connectivity index (χ1) is 22.0. The molecule has 0 N–H and O–H groups in total. The molecule has 0 fully saturated rings. The molecule has 0 aliphatic heterocycles. The van der Waals surface area contributed by atoms with Gasteiger partial charge in [0.25, 0.3) is 0 Å². The van der Waals surface area contributed by atoms with Crippen molar-refractivity contribution in [3.05, 3.63) is 78.4 Å². The molecule has 3 aromatic carbocycles. The maximum absolute atomic E-state index is 12.6. The van der Waals surface area contributed by atoms with Crippen LogP contribution >= 0.6 is 0 Å². The maximum Gasteiger partial charge on any atom is 0.343 e. The van der Waals surface area contributed by atoms with E-state index in [1.165, 1.54) is 32.1 Å². The SMILES string of the molecule is CCCCCCCCOc1ccc(OCOc2ccc(OC(=O)c3ccc(OCCCCOC(=O)C(C)CC)cc3)cc2)cc1. The minimum Gasteiger partial charge on any atom is -0.494 e. The smallest absolute Gasteiger partial charge is 0.343 e. The molecule has 0 aromatic heterocycles. The summed E-state index contributed by atoms with van der Waals surface area (Å²) in [5.41, 5.74) is 0.409. The van der Waals surface area contributed by atoms with Gasteiger partial charge in [-0.2, -0.15) is 0 Å². The van der Waals surface area contributed by atoms with E-state index in [4.69, 9.17) is 28.4 Å². The Balaban J connectivity index is 1.29. The van der Waals surface area contributed by atoms with Crippen molar-refractivity contribution < 1.29 is 38.0 Å². The molecule has 8 nitrogen and oxygen atoms in total. The molecule has 1 unspecified atom stereocenters. The number of hydrogen-bond donors (Lipinski definition) is 0. The van der Waals surface area contributed by atoms with Crippen molar-refractivity contribution in [3.8, 4) is 28.7 Å². The molecule has 0 bridgehead atoms. The van der Waals surface area contributed by atoms with Crippen molar-refractivity contribution in [2.45, 2.75) is 78.6 Å². The van der Waals surface area contributed by atoms with E-state index in [-0.39, 0.29) is 18.7 Å². The van der Waals surface area contributed by atoms with Gasteiger partial charge in [-0.25, -0.2) is 4.79 Å². The topological polar surface area (TPSA) is 89.5 Å². The van der Waals surface area contributed by atoms with Gasteiger partial charge in [0.05, 0.1) is 31.3 Å². The minimum atomic E-state index is -0.471. The highest BCUT2D eigenvalue weighted by Gasteiger charge is 2.12. The Kier molecular flexibility index (Phi) is 16.2. The van der Waals surface area contributed by atoms with Crippen LogP contribution in [-0.2, 0) is 9.53 Å². The predicted octanol–water partition coefficient (Wildman–Crippen LogP) is 8.81. The summed E-state index contributed by atoms with van der Waals surface area (Å²) in [5, 5.41) is 0. The molecule has 0 aliphatic rings. The molecule has 3 aromatic rings. The first-order valence-corrected chi connectivity index (χ1v) is 16.2. The Labute approximate surface area is 267 Å². The predicted molar refractivity (Wildman–Crippen MR) is 174 cm³/mol. The normalized spacial score (nSPS) is 11.4. The molecule has 1 atom stereocenters. The van der Waals surface area contributed by atoms with E-state index in [2.05, 4.69) is 6.92 Å². The van der Waals surface area contributed by atoms with Gasteiger partial charge in [0.2, 0.25) is 6.79 Å². The van der Waals surface area contributed by atoms with E-state index in [9.17, 15) is 9.59 Å². The van der Waals surface area contributed by atoms with Crippen molar-refractivity contribution in [1.82, 2.24) is 0 Å². The Bertz CT molecular complexity index is 1240. The van der Waals surface area contributed by atoms with Crippen LogP contribution in [0, 0.1) is 5.92 Å². The molecule has 0 radical (unpaired) electrons. The number of carbonyl (C=O) groups is 2. The second kappa shape index (κ2) is 20.7. The van der Waals surface area contributed by atoms with E-state index >= 15 is 0 Å². The van der Waals surface area contributed by atoms with E-state index in [0.29, 0.717) is 41.8 Å². The molecular weight excluding hydrogens is 572 g/mol. The molecule has 0 heterocycles. The fourth-order valence-corrected chi connectivity index (χ4v) is 4.20. The van der Waals surface area contributed by atoms with Crippen LogP contribution in [0.2, 0.25) is 0 Å². The Morgan fingerprint density at radius 2 is 1.00 bits per heavy atom. The molecule has 0 saturated heterocycles. The molecule has 0 aliphatic carbocycles. The van der Waals surface area contributed by atoms with Gasteiger partial charge >= 0.3 is 11.9 Å². The lowest BCUT2D eigenvalue weighted by molar-refractivity contribution is -0.148. The number of ether oxygens (including phenoxy) is 6. The quantitative estimate of drug-likeness (QED) is 0.0476. The highest BCUT2D eigenvalue weighted by Crippen LogP contribution is 2.22. The number of carbonyl (C=O) groups excluding carboxylic acids is 2. The fraction of sp³-hybridized carbons (Fsp3) is 0.459. The van der Waals surface area contributed by atoms with Crippen molar-refractivity contribution in [2.24, 2.45) is 5.92 Å². The Hall–Kier alpha value is -4.20. The van der Waals surface area contributed by atoms with E-state index in [1.54, 1.807) is 48.5 Å². The summed E-state index contributed by atoms with van der Waals surface area (Å²) < 4.78 is 33.6. The van der Waals surface area contributed by atoms with Gasteiger partial charge < -0.3 is 28.4 Å². The maximum atomic E-state index is 12.6. The van der Waals surface area contributed by atoms with Crippen LogP contribution in [-0.4, -0.2) is 38.6 Å². The van der Waals surface area contributed by atoms with Crippen LogP contribution in [0.15, 0.2) is 72.8 Å². The molecule has 0 spiro atoms. The summed E-state index contributed by atoms with van der Waals surface area (Å²) in [4.78, 5) is 24.3. The van der Waals surface area contributed by atoms with Crippen LogP contribution in [0.3, 0.4) is 0 Å². The summed E-state index contributed by atoms with van der Waals surface area (Å²) in [6.07, 6.45) is 9.68. The largest absolute Gasteiger partial charge is 0.494 e. The highest BCUT2D eigenvalue weighted by atomic mass is 16.7. The molecule has 45 heavy (non-hydrogen) atoms. The third-order valence-electron chi connectivity index (χ3n) is 7.23. The van der Waals surface area contributed by atoms with Gasteiger partial charge in [-0.1, -0.05) is 52.9 Å². The Morgan fingerprint density at radius 1 is 0.556 bits per heavy atom. The van der Waals surface area contributed by atoms with Gasteiger partial charge in [0.15, 0.2) is 0 Å². The summed E-state index contributed by atoms with van der Waals surface area (Å²) >= 11 is 0. The lowest BCUT2D eigenvalue weighted by Crippen LogP contribution is -2.15. The average Bonchev–Trinajstić information content (AvgIpc) is 3.07. The van der Waals surface area contributed by atoms with E-state index in [0.717, 1.165) is 38.0 Å². The molecule has 3 rings (SSSR count). The summed E-state index contributed by atoms with van der Waals surface area (Å²) in [6, 6.07) is 21.1. The summed E-state index contributed by atoms with van der Waals surface area (Å²) in [7, 11) is 0. The van der Waals surface area contributed by atoms with Crippen LogP contribution in [0.1, 0.15) is 88.9 Å². The second-order valence-corrected chi connectivity index (χ2v) is 10.9. The zero-order valence-corrected chi connectivity index (χ0v) is 27.0. The second-order valence-electron chi connectivity index (χ2n) is 10.9. The standard InChI is InChI=1S/C37H48O8/c1-4-6-7-8-9-10-25-40-32-17-19-33(20-18-32)43-28-44-34-21-23-35(24-22-34)45-37(39)30-13-15-31(16-14-30)41-26-11-12-27-42-36(38)29(3)5-2/h13-24,29H,4-12,25-28H2,1-3H3. The van der Waals surface area contributed by atoms with Crippen LogP contribution in [0.5, 0.6) is 28.7 Å². The molecular formula is C37H48O8. The van der Waals surface area contributed by atoms with Crippen molar-refractivity contribution in [3.63, 3.8) is 0 Å². The van der Waals surface area contributed by atoms with Gasteiger partial charge in [-0.15, -0.1) is 0 Å². The van der Waals surface area contributed by atoms with Crippen molar-refractivity contribution in [2.75, 3.05) is 26.6 Å². The molecule has 8 heteroatoms. The zero-order chi connectivity index (χ0) is 32.1. The third kappa shape index (κ3) is 14.0. The van der Waals surface area contributed by atoms with Crippen molar-refractivity contribution >= 4 is 11.9 Å². The third-order valence-corrected chi connectivity index (χ3v) is 7.23. The van der Waals surface area contributed by atoms with E-state index in [1.807, 2.05) is 38.1 Å². The van der Waals surface area contributed by atoms with Crippen LogP contribution in [0.4, 0.5) is 0 Å². The minimum absolute atomic E-state index is 0.0389. The van der Waals surface area contributed by atoms with Gasteiger partial charge in [0.1, 0.15) is 28.7 Å². The summed E-state index contributed by atoms with van der Waals surface area (Å²) in [6.45, 7) is 7.70. The Morgan fingerprint density at radius 3 is 1.56 bits per heavy atom. The number of benzene rings is 3.